The number of aromatic nitrogens is 1. The van der Waals surface area contributed by atoms with Gasteiger partial charge in [-0.25, -0.2) is 0 Å². The van der Waals surface area contributed by atoms with E-state index in [4.69, 9.17) is 0 Å². The maximum absolute atomic E-state index is 4.38. The fraction of sp³-hybridized carbons (Fsp3) is 0.500. The number of rotatable bonds is 3. The Kier molecular flexibility index (Phi) is 3.23. The van der Waals surface area contributed by atoms with Crippen LogP contribution < -0.4 is 5.32 Å². The molecule has 66 valence electrons. The quantitative estimate of drug-likeness (QED) is 0.731. The zero-order valence-electron chi connectivity index (χ0n) is 8.02. The Bertz CT molecular complexity index is 256. The Morgan fingerprint density at radius 3 is 2.75 bits per heavy atom. The summed E-state index contributed by atoms with van der Waals surface area (Å²) in [5, 5.41) is 3.12. The van der Waals surface area contributed by atoms with Crippen LogP contribution in [0.15, 0.2) is 12.3 Å². The second-order valence-corrected chi connectivity index (χ2v) is 3.13. The molecular formula is C10H16N2. The number of nitrogens with zero attached hydrogens (tertiary/aromatic N) is 1. The van der Waals surface area contributed by atoms with E-state index in [1.807, 2.05) is 13.2 Å². The summed E-state index contributed by atoms with van der Waals surface area (Å²) in [6.45, 7) is 5.18. The molecule has 0 aliphatic carbocycles. The van der Waals surface area contributed by atoms with Gasteiger partial charge in [-0.2, -0.15) is 0 Å². The van der Waals surface area contributed by atoms with Crippen LogP contribution in [0.1, 0.15) is 16.8 Å². The molecule has 0 amide bonds. The molecule has 0 spiro atoms. The third kappa shape index (κ3) is 2.31. The molecule has 2 nitrogen and oxygen atoms in total. The van der Waals surface area contributed by atoms with Gasteiger partial charge < -0.3 is 5.32 Å². The third-order valence-corrected chi connectivity index (χ3v) is 1.94. The van der Waals surface area contributed by atoms with Crippen LogP contribution in [-0.4, -0.2) is 18.6 Å². The minimum Gasteiger partial charge on any atom is -0.319 e. The monoisotopic (exact) mass is 164 g/mol. The second-order valence-electron chi connectivity index (χ2n) is 3.13. The highest BCUT2D eigenvalue weighted by Crippen LogP contribution is 2.06. The first-order valence-electron chi connectivity index (χ1n) is 4.30. The van der Waals surface area contributed by atoms with E-state index < -0.39 is 0 Å². The molecule has 0 saturated heterocycles. The number of hydrogen-bond donors (Lipinski definition) is 1. The normalized spacial score (nSPS) is 10.2. The molecule has 0 saturated carbocycles. The van der Waals surface area contributed by atoms with E-state index in [1.165, 1.54) is 16.8 Å². The van der Waals surface area contributed by atoms with Gasteiger partial charge >= 0.3 is 0 Å². The Morgan fingerprint density at radius 1 is 1.42 bits per heavy atom. The SMILES string of the molecule is CNCCc1ncc(C)cc1C. The zero-order chi connectivity index (χ0) is 8.97. The van der Waals surface area contributed by atoms with Gasteiger partial charge in [0, 0.05) is 24.9 Å². The van der Waals surface area contributed by atoms with Crippen molar-refractivity contribution >= 4 is 0 Å². The molecule has 0 aliphatic rings. The average molecular weight is 164 g/mol. The predicted octanol–water partition coefficient (Wildman–Crippen LogP) is 1.46. The van der Waals surface area contributed by atoms with Crippen molar-refractivity contribution in [3.05, 3.63) is 29.1 Å². The maximum atomic E-state index is 4.38. The summed E-state index contributed by atoms with van der Waals surface area (Å²) in [5.74, 6) is 0. The number of aryl methyl sites for hydroxylation is 2. The topological polar surface area (TPSA) is 24.9 Å². The lowest BCUT2D eigenvalue weighted by molar-refractivity contribution is 0.771. The highest BCUT2D eigenvalue weighted by atomic mass is 14.8. The molecule has 0 unspecified atom stereocenters. The first-order chi connectivity index (χ1) is 5.74. The molecule has 0 aromatic carbocycles. The Balaban J connectivity index is 2.72. The van der Waals surface area contributed by atoms with Crippen molar-refractivity contribution in [1.82, 2.24) is 10.3 Å². The zero-order valence-corrected chi connectivity index (χ0v) is 8.02. The molecule has 1 N–H and O–H groups in total. The molecular weight excluding hydrogens is 148 g/mol. The molecule has 1 aromatic heterocycles. The fourth-order valence-electron chi connectivity index (χ4n) is 1.25. The van der Waals surface area contributed by atoms with E-state index in [9.17, 15) is 0 Å². The van der Waals surface area contributed by atoms with Crippen LogP contribution in [0.5, 0.6) is 0 Å². The van der Waals surface area contributed by atoms with E-state index in [-0.39, 0.29) is 0 Å². The molecule has 1 rings (SSSR count). The van der Waals surface area contributed by atoms with Gasteiger partial charge in [0.25, 0.3) is 0 Å². The molecule has 0 radical (unpaired) electrons. The first kappa shape index (κ1) is 9.20. The van der Waals surface area contributed by atoms with Crippen molar-refractivity contribution < 1.29 is 0 Å². The van der Waals surface area contributed by atoms with E-state index in [0.29, 0.717) is 0 Å². The van der Waals surface area contributed by atoms with E-state index in [0.717, 1.165) is 13.0 Å². The number of nitrogens with one attached hydrogen (secondary N) is 1. The van der Waals surface area contributed by atoms with Gasteiger partial charge in [0.05, 0.1) is 0 Å². The van der Waals surface area contributed by atoms with Crippen LogP contribution in [0.3, 0.4) is 0 Å². The highest BCUT2D eigenvalue weighted by molar-refractivity contribution is 5.23. The molecule has 1 aromatic rings. The third-order valence-electron chi connectivity index (χ3n) is 1.94. The Morgan fingerprint density at radius 2 is 2.17 bits per heavy atom. The van der Waals surface area contributed by atoms with Crippen LogP contribution in [-0.2, 0) is 6.42 Å². The molecule has 1 heterocycles. The fourth-order valence-corrected chi connectivity index (χ4v) is 1.25. The molecule has 2 heteroatoms. The Labute approximate surface area is 74.0 Å². The first-order valence-corrected chi connectivity index (χ1v) is 4.30. The smallest absolute Gasteiger partial charge is 0.0445 e. The summed E-state index contributed by atoms with van der Waals surface area (Å²) in [5.41, 5.74) is 3.74. The average Bonchev–Trinajstić information content (AvgIpc) is 2.03. The lowest BCUT2D eigenvalue weighted by atomic mass is 10.1. The van der Waals surface area contributed by atoms with Crippen LogP contribution in [0.4, 0.5) is 0 Å². The number of hydrogen-bond acceptors (Lipinski definition) is 2. The summed E-state index contributed by atoms with van der Waals surface area (Å²) in [4.78, 5) is 4.38. The van der Waals surface area contributed by atoms with E-state index in [1.54, 1.807) is 0 Å². The maximum Gasteiger partial charge on any atom is 0.0445 e. The minimum atomic E-state index is 0.997. The van der Waals surface area contributed by atoms with Crippen LogP contribution >= 0.6 is 0 Å². The summed E-state index contributed by atoms with van der Waals surface area (Å²) < 4.78 is 0. The van der Waals surface area contributed by atoms with Crippen molar-refractivity contribution in [2.75, 3.05) is 13.6 Å². The molecule has 0 aliphatic heterocycles. The van der Waals surface area contributed by atoms with Gasteiger partial charge in [-0.15, -0.1) is 0 Å². The van der Waals surface area contributed by atoms with Crippen LogP contribution in [0, 0.1) is 13.8 Å². The van der Waals surface area contributed by atoms with Gasteiger partial charge in [0.15, 0.2) is 0 Å². The summed E-state index contributed by atoms with van der Waals surface area (Å²) in [7, 11) is 1.96. The van der Waals surface area contributed by atoms with E-state index in [2.05, 4.69) is 30.2 Å². The second kappa shape index (κ2) is 4.21. The Hall–Kier alpha value is -0.890. The predicted molar refractivity (Wildman–Crippen MR) is 51.3 cm³/mol. The van der Waals surface area contributed by atoms with Crippen molar-refractivity contribution in [3.8, 4) is 0 Å². The van der Waals surface area contributed by atoms with Gasteiger partial charge in [0.2, 0.25) is 0 Å². The van der Waals surface area contributed by atoms with Crippen molar-refractivity contribution in [1.29, 1.82) is 0 Å². The molecule has 0 bridgehead atoms. The van der Waals surface area contributed by atoms with E-state index >= 15 is 0 Å². The summed E-state index contributed by atoms with van der Waals surface area (Å²) in [6, 6.07) is 2.18. The van der Waals surface area contributed by atoms with Gasteiger partial charge in [0.1, 0.15) is 0 Å². The largest absolute Gasteiger partial charge is 0.319 e. The van der Waals surface area contributed by atoms with Gasteiger partial charge in [-0.3, -0.25) is 4.98 Å². The van der Waals surface area contributed by atoms with Crippen LogP contribution in [0.25, 0.3) is 0 Å². The van der Waals surface area contributed by atoms with Crippen molar-refractivity contribution in [3.63, 3.8) is 0 Å². The number of likely N-dealkylation sites (N-methyl/N-ethyl adjacent to an activating group) is 1. The van der Waals surface area contributed by atoms with Gasteiger partial charge in [-0.1, -0.05) is 6.07 Å². The number of pyridine rings is 1. The summed E-state index contributed by atoms with van der Waals surface area (Å²) in [6.07, 6.45) is 2.95. The molecule has 0 atom stereocenters. The minimum absolute atomic E-state index is 0.997. The lowest BCUT2D eigenvalue weighted by Gasteiger charge is -2.04. The van der Waals surface area contributed by atoms with Crippen LogP contribution in [0.2, 0.25) is 0 Å². The molecule has 12 heavy (non-hydrogen) atoms. The lowest BCUT2D eigenvalue weighted by Crippen LogP contribution is -2.12. The van der Waals surface area contributed by atoms with Gasteiger partial charge in [-0.05, 0) is 32.0 Å². The summed E-state index contributed by atoms with van der Waals surface area (Å²) >= 11 is 0. The molecule has 0 fully saturated rings. The standard InChI is InChI=1S/C10H16N2/c1-8-6-9(2)10(12-7-8)4-5-11-3/h6-7,11H,4-5H2,1-3H3. The van der Waals surface area contributed by atoms with Crippen molar-refractivity contribution in [2.24, 2.45) is 0 Å². The highest BCUT2D eigenvalue weighted by Gasteiger charge is 1.98. The van der Waals surface area contributed by atoms with Crippen molar-refractivity contribution in [2.45, 2.75) is 20.3 Å².